The molecule has 0 aliphatic rings. The van der Waals surface area contributed by atoms with Gasteiger partial charge in [-0.05, 0) is 24.3 Å². The maximum absolute atomic E-state index is 13.7. The van der Waals surface area contributed by atoms with Gasteiger partial charge in [-0.3, -0.25) is 4.98 Å². The summed E-state index contributed by atoms with van der Waals surface area (Å²) in [6.07, 6.45) is 4.44. The molecule has 0 bridgehead atoms. The first kappa shape index (κ1) is 13.9. The van der Waals surface area contributed by atoms with Crippen LogP contribution in [0.2, 0.25) is 5.15 Å². The Balaban J connectivity index is 2.61. The van der Waals surface area contributed by atoms with Crippen molar-refractivity contribution in [3.63, 3.8) is 0 Å². The normalized spacial score (nSPS) is 11.4. The number of halogens is 2. The van der Waals surface area contributed by atoms with E-state index in [9.17, 15) is 8.60 Å². The van der Waals surface area contributed by atoms with Gasteiger partial charge in [0.2, 0.25) is 0 Å². The predicted octanol–water partition coefficient (Wildman–Crippen LogP) is 3.30. The molecule has 0 radical (unpaired) electrons. The Hall–Kier alpha value is -1.53. The first-order chi connectivity index (χ1) is 8.85. The van der Waals surface area contributed by atoms with E-state index in [0.717, 1.165) is 0 Å². The molecule has 19 heavy (non-hydrogen) atoms. The van der Waals surface area contributed by atoms with Gasteiger partial charge in [-0.15, -0.1) is 0 Å². The Morgan fingerprint density at radius 2 is 2.11 bits per heavy atom. The van der Waals surface area contributed by atoms with Crippen LogP contribution in [-0.2, 0) is 9.73 Å². The van der Waals surface area contributed by atoms with Gasteiger partial charge < -0.3 is 0 Å². The lowest BCUT2D eigenvalue weighted by Crippen LogP contribution is -1.92. The highest BCUT2D eigenvalue weighted by molar-refractivity contribution is 7.92. The van der Waals surface area contributed by atoms with Crippen molar-refractivity contribution in [3.05, 3.63) is 41.4 Å². The van der Waals surface area contributed by atoms with Crippen molar-refractivity contribution in [1.29, 1.82) is 0 Å². The molecule has 0 unspecified atom stereocenters. The molecule has 0 N–H and O–H groups in total. The minimum atomic E-state index is -2.36. The predicted molar refractivity (Wildman–Crippen MR) is 74.5 cm³/mol. The standard InChI is InChI=1S/C12H11ClFN3OS/c1-19(2,18)17-11-7-8(6-10(13)16-11)12-9(14)4-3-5-15-12/h3-7H,1-2H3. The second-order valence-corrected chi connectivity index (χ2v) is 7.08. The summed E-state index contributed by atoms with van der Waals surface area (Å²) in [6.45, 7) is 0. The van der Waals surface area contributed by atoms with E-state index in [1.807, 2.05) is 0 Å². The maximum Gasteiger partial charge on any atom is 0.163 e. The molecule has 0 aliphatic carbocycles. The topological polar surface area (TPSA) is 55.2 Å². The van der Waals surface area contributed by atoms with Crippen molar-refractivity contribution in [3.8, 4) is 11.3 Å². The monoisotopic (exact) mass is 299 g/mol. The van der Waals surface area contributed by atoms with Crippen molar-refractivity contribution in [2.24, 2.45) is 4.36 Å². The van der Waals surface area contributed by atoms with Gasteiger partial charge in [0.25, 0.3) is 0 Å². The van der Waals surface area contributed by atoms with E-state index in [0.29, 0.717) is 5.56 Å². The largest absolute Gasteiger partial charge is 0.253 e. The van der Waals surface area contributed by atoms with Crippen molar-refractivity contribution in [2.75, 3.05) is 12.5 Å². The van der Waals surface area contributed by atoms with Crippen LogP contribution in [0.5, 0.6) is 0 Å². The van der Waals surface area contributed by atoms with Gasteiger partial charge in [-0.1, -0.05) is 11.6 Å². The second kappa shape index (κ2) is 5.22. The number of pyridine rings is 2. The van der Waals surface area contributed by atoms with E-state index >= 15 is 0 Å². The summed E-state index contributed by atoms with van der Waals surface area (Å²) in [5, 5.41) is 0.143. The van der Waals surface area contributed by atoms with Gasteiger partial charge in [-0.2, -0.15) is 4.36 Å². The van der Waals surface area contributed by atoms with Crippen LogP contribution in [0.1, 0.15) is 0 Å². The Labute approximate surface area is 115 Å². The number of aromatic nitrogens is 2. The maximum atomic E-state index is 13.7. The van der Waals surface area contributed by atoms with E-state index in [1.54, 1.807) is 0 Å². The summed E-state index contributed by atoms with van der Waals surface area (Å²) in [5.74, 6) is -0.271. The summed E-state index contributed by atoms with van der Waals surface area (Å²) >= 11 is 5.87. The molecule has 2 aromatic rings. The smallest absolute Gasteiger partial charge is 0.163 e. The van der Waals surface area contributed by atoms with Gasteiger partial charge in [0.1, 0.15) is 16.7 Å². The van der Waals surface area contributed by atoms with Crippen LogP contribution in [0.4, 0.5) is 10.2 Å². The number of hydrogen-bond acceptors (Lipinski definition) is 4. The molecule has 0 aliphatic heterocycles. The Bertz CT molecular complexity index is 734. The lowest BCUT2D eigenvalue weighted by Gasteiger charge is -2.04. The van der Waals surface area contributed by atoms with Crippen LogP contribution in [0.3, 0.4) is 0 Å². The van der Waals surface area contributed by atoms with Gasteiger partial charge in [-0.25, -0.2) is 13.6 Å². The van der Waals surface area contributed by atoms with Crippen LogP contribution in [-0.4, -0.2) is 26.7 Å². The van der Waals surface area contributed by atoms with Crippen LogP contribution >= 0.6 is 11.6 Å². The minimum absolute atomic E-state index is 0.143. The molecular formula is C12H11ClFN3OS. The Morgan fingerprint density at radius 3 is 2.74 bits per heavy atom. The molecule has 7 heteroatoms. The molecule has 100 valence electrons. The van der Waals surface area contributed by atoms with E-state index in [1.165, 1.54) is 43.0 Å². The number of rotatable bonds is 2. The fourth-order valence-corrected chi connectivity index (χ4v) is 2.24. The van der Waals surface area contributed by atoms with Crippen LogP contribution in [0.25, 0.3) is 11.3 Å². The molecule has 0 amide bonds. The zero-order chi connectivity index (χ0) is 14.0. The third-order valence-corrected chi connectivity index (χ3v) is 2.95. The first-order valence-corrected chi connectivity index (χ1v) is 8.02. The third-order valence-electron chi connectivity index (χ3n) is 2.13. The zero-order valence-corrected chi connectivity index (χ0v) is 11.9. The van der Waals surface area contributed by atoms with Crippen molar-refractivity contribution >= 4 is 27.1 Å². The van der Waals surface area contributed by atoms with Gasteiger partial charge in [0, 0.05) is 34.0 Å². The molecule has 0 saturated carbocycles. The quantitative estimate of drug-likeness (QED) is 0.800. The summed E-state index contributed by atoms with van der Waals surface area (Å²) in [7, 11) is -2.36. The molecule has 0 aromatic carbocycles. The average Bonchev–Trinajstić information content (AvgIpc) is 2.26. The van der Waals surface area contributed by atoms with Crippen LogP contribution in [0.15, 0.2) is 34.8 Å². The lowest BCUT2D eigenvalue weighted by molar-refractivity contribution is 0.626. The molecule has 2 rings (SSSR count). The summed E-state index contributed by atoms with van der Waals surface area (Å²) in [4.78, 5) is 7.90. The summed E-state index contributed by atoms with van der Waals surface area (Å²) in [6, 6.07) is 5.79. The lowest BCUT2D eigenvalue weighted by atomic mass is 10.1. The molecular weight excluding hydrogens is 289 g/mol. The zero-order valence-electron chi connectivity index (χ0n) is 10.3. The number of hydrogen-bond donors (Lipinski definition) is 0. The van der Waals surface area contributed by atoms with E-state index in [2.05, 4.69) is 14.3 Å². The highest BCUT2D eigenvalue weighted by Gasteiger charge is 2.09. The first-order valence-electron chi connectivity index (χ1n) is 5.31. The summed E-state index contributed by atoms with van der Waals surface area (Å²) < 4.78 is 29.3. The van der Waals surface area contributed by atoms with Crippen LogP contribution < -0.4 is 0 Å². The van der Waals surface area contributed by atoms with Gasteiger partial charge in [0.05, 0.1) is 0 Å². The molecule has 0 saturated heterocycles. The summed E-state index contributed by atoms with van der Waals surface area (Å²) in [5.41, 5.74) is 0.599. The molecule has 0 spiro atoms. The molecule has 0 fully saturated rings. The fraction of sp³-hybridized carbons (Fsp3) is 0.167. The van der Waals surface area contributed by atoms with Crippen molar-refractivity contribution in [1.82, 2.24) is 9.97 Å². The van der Waals surface area contributed by atoms with Gasteiger partial charge >= 0.3 is 0 Å². The van der Waals surface area contributed by atoms with Crippen LogP contribution in [0, 0.1) is 5.82 Å². The van der Waals surface area contributed by atoms with E-state index < -0.39 is 15.5 Å². The van der Waals surface area contributed by atoms with Gasteiger partial charge in [0.15, 0.2) is 5.82 Å². The molecule has 2 heterocycles. The van der Waals surface area contributed by atoms with E-state index in [-0.39, 0.29) is 16.7 Å². The number of nitrogens with zero attached hydrogens (tertiary/aromatic N) is 3. The van der Waals surface area contributed by atoms with Crippen molar-refractivity contribution in [2.45, 2.75) is 0 Å². The molecule has 4 nitrogen and oxygen atoms in total. The highest BCUT2D eigenvalue weighted by atomic mass is 35.5. The highest BCUT2D eigenvalue weighted by Crippen LogP contribution is 2.26. The Morgan fingerprint density at radius 1 is 1.37 bits per heavy atom. The fourth-order valence-electron chi connectivity index (χ4n) is 1.49. The van der Waals surface area contributed by atoms with Crippen molar-refractivity contribution < 1.29 is 8.60 Å². The van der Waals surface area contributed by atoms with E-state index in [4.69, 9.17) is 11.6 Å². The Kier molecular flexibility index (Phi) is 3.82. The average molecular weight is 300 g/mol. The SMILES string of the molecule is CS(C)(=O)=Nc1cc(-c2ncccc2F)cc(Cl)n1. The molecule has 2 aromatic heterocycles. The second-order valence-electron chi connectivity index (χ2n) is 4.14. The minimum Gasteiger partial charge on any atom is -0.253 e. The third kappa shape index (κ3) is 3.71. The molecule has 0 atom stereocenters.